The molecule has 2 N–H and O–H groups in total. The van der Waals surface area contributed by atoms with E-state index in [1.807, 2.05) is 32.9 Å². The molecule has 0 spiro atoms. The molecular weight excluding hydrogens is 262 g/mol. The number of aliphatic hydroxyl groups is 1. The highest BCUT2D eigenvalue weighted by molar-refractivity contribution is 7.89. The highest BCUT2D eigenvalue weighted by Gasteiger charge is 2.48. The highest BCUT2D eigenvalue weighted by atomic mass is 32.2. The summed E-state index contributed by atoms with van der Waals surface area (Å²) in [4.78, 5) is 0.280. The van der Waals surface area contributed by atoms with E-state index < -0.39 is 21.5 Å². The molecule has 0 amide bonds. The largest absolute Gasteiger partial charge is 0.392 e. The zero-order chi connectivity index (χ0) is 14.3. The predicted octanol–water partition coefficient (Wildman–Crippen LogP) is 1.69. The molecule has 19 heavy (non-hydrogen) atoms. The Kier molecular flexibility index (Phi) is 3.73. The average Bonchev–Trinajstić information content (AvgIpc) is 2.38. The molecular formula is C14H21NO3S. The van der Waals surface area contributed by atoms with Crippen LogP contribution in [0.2, 0.25) is 0 Å². The zero-order valence-electron chi connectivity index (χ0n) is 11.6. The fourth-order valence-corrected chi connectivity index (χ4v) is 3.67. The van der Waals surface area contributed by atoms with Gasteiger partial charge >= 0.3 is 0 Å². The van der Waals surface area contributed by atoms with Gasteiger partial charge in [0.05, 0.1) is 11.0 Å². The first-order valence-electron chi connectivity index (χ1n) is 6.56. The Balaban J connectivity index is 2.14. The molecule has 1 aliphatic carbocycles. The molecule has 2 rings (SSSR count). The van der Waals surface area contributed by atoms with Crippen molar-refractivity contribution in [1.29, 1.82) is 0 Å². The van der Waals surface area contributed by atoms with Gasteiger partial charge in [0.1, 0.15) is 0 Å². The Hall–Kier alpha value is -0.910. The van der Waals surface area contributed by atoms with E-state index in [-0.39, 0.29) is 10.9 Å². The van der Waals surface area contributed by atoms with E-state index in [0.717, 1.165) is 12.0 Å². The van der Waals surface area contributed by atoms with E-state index in [2.05, 4.69) is 4.72 Å². The molecule has 106 valence electrons. The standard InChI is InChI=1S/C14H21NO3S/c1-4-10-5-7-11(8-6-10)19(17,18)15-12-9-13(16)14(12,2)3/h5-8,12-13,15-16H,4,9H2,1-3H3. The third kappa shape index (κ3) is 2.68. The lowest BCUT2D eigenvalue weighted by atomic mass is 9.65. The van der Waals surface area contributed by atoms with Crippen molar-refractivity contribution < 1.29 is 13.5 Å². The summed E-state index contributed by atoms with van der Waals surface area (Å²) in [5.41, 5.74) is 0.703. The minimum atomic E-state index is -3.50. The Labute approximate surface area is 114 Å². The Morgan fingerprint density at radius 1 is 1.32 bits per heavy atom. The first kappa shape index (κ1) is 14.5. The molecule has 0 heterocycles. The summed E-state index contributed by atoms with van der Waals surface area (Å²) in [5.74, 6) is 0. The molecule has 2 unspecified atom stereocenters. The quantitative estimate of drug-likeness (QED) is 0.883. The number of sulfonamides is 1. The van der Waals surface area contributed by atoms with Crippen LogP contribution >= 0.6 is 0 Å². The van der Waals surface area contributed by atoms with Gasteiger partial charge < -0.3 is 5.11 Å². The van der Waals surface area contributed by atoms with Crippen LogP contribution < -0.4 is 4.72 Å². The molecule has 1 saturated carbocycles. The molecule has 5 heteroatoms. The maximum Gasteiger partial charge on any atom is 0.240 e. The van der Waals surface area contributed by atoms with E-state index >= 15 is 0 Å². The van der Waals surface area contributed by atoms with Gasteiger partial charge in [-0.05, 0) is 30.5 Å². The van der Waals surface area contributed by atoms with E-state index in [0.29, 0.717) is 6.42 Å². The predicted molar refractivity (Wildman–Crippen MR) is 74.3 cm³/mol. The summed E-state index contributed by atoms with van der Waals surface area (Å²) in [5, 5.41) is 9.65. The van der Waals surface area contributed by atoms with E-state index in [1.54, 1.807) is 12.1 Å². The van der Waals surface area contributed by atoms with Gasteiger partial charge in [0, 0.05) is 11.5 Å². The topological polar surface area (TPSA) is 66.4 Å². The van der Waals surface area contributed by atoms with Gasteiger partial charge in [-0.25, -0.2) is 13.1 Å². The number of hydrogen-bond acceptors (Lipinski definition) is 3. The monoisotopic (exact) mass is 283 g/mol. The molecule has 1 aliphatic rings. The van der Waals surface area contributed by atoms with Crippen LogP contribution in [0.3, 0.4) is 0 Å². The van der Waals surface area contributed by atoms with Gasteiger partial charge in [-0.15, -0.1) is 0 Å². The third-order valence-electron chi connectivity index (χ3n) is 4.16. The second kappa shape index (κ2) is 4.89. The average molecular weight is 283 g/mol. The summed E-state index contributed by atoms with van der Waals surface area (Å²) in [6, 6.07) is 6.70. The lowest BCUT2D eigenvalue weighted by Gasteiger charge is -2.49. The fourth-order valence-electron chi connectivity index (χ4n) is 2.26. The van der Waals surface area contributed by atoms with Gasteiger partial charge in [0.15, 0.2) is 0 Å². The number of rotatable bonds is 4. The number of aryl methyl sites for hydroxylation is 1. The van der Waals surface area contributed by atoms with Crippen molar-refractivity contribution in [3.05, 3.63) is 29.8 Å². The Bertz CT molecular complexity index is 549. The molecule has 1 fully saturated rings. The van der Waals surface area contributed by atoms with Crippen molar-refractivity contribution in [3.63, 3.8) is 0 Å². The number of benzene rings is 1. The summed E-state index contributed by atoms with van der Waals surface area (Å²) < 4.78 is 27.2. The molecule has 1 aromatic carbocycles. The van der Waals surface area contributed by atoms with Crippen LogP contribution in [0, 0.1) is 5.41 Å². The molecule has 0 aromatic heterocycles. The maximum atomic E-state index is 12.2. The molecule has 1 aromatic rings. The third-order valence-corrected chi connectivity index (χ3v) is 5.64. The van der Waals surface area contributed by atoms with E-state index in [1.165, 1.54) is 0 Å². The van der Waals surface area contributed by atoms with Crippen LogP contribution in [-0.2, 0) is 16.4 Å². The normalized spacial score (nSPS) is 25.9. The van der Waals surface area contributed by atoms with Crippen molar-refractivity contribution in [3.8, 4) is 0 Å². The van der Waals surface area contributed by atoms with Gasteiger partial charge in [-0.3, -0.25) is 0 Å². The highest BCUT2D eigenvalue weighted by Crippen LogP contribution is 2.41. The fraction of sp³-hybridized carbons (Fsp3) is 0.571. The molecule has 4 nitrogen and oxygen atoms in total. The van der Waals surface area contributed by atoms with Crippen molar-refractivity contribution in [2.24, 2.45) is 5.41 Å². The van der Waals surface area contributed by atoms with Crippen LogP contribution in [0.1, 0.15) is 32.8 Å². The van der Waals surface area contributed by atoms with Gasteiger partial charge in [-0.2, -0.15) is 0 Å². The van der Waals surface area contributed by atoms with Crippen molar-refractivity contribution in [2.75, 3.05) is 0 Å². The Morgan fingerprint density at radius 3 is 2.32 bits per heavy atom. The lowest BCUT2D eigenvalue weighted by molar-refractivity contribution is -0.0645. The molecule has 0 bridgehead atoms. The lowest BCUT2D eigenvalue weighted by Crippen LogP contribution is -2.61. The van der Waals surface area contributed by atoms with Crippen molar-refractivity contribution >= 4 is 10.0 Å². The summed E-state index contributed by atoms with van der Waals surface area (Å²) >= 11 is 0. The van der Waals surface area contributed by atoms with Gasteiger partial charge in [0.25, 0.3) is 0 Å². The molecule has 0 saturated heterocycles. The van der Waals surface area contributed by atoms with Gasteiger partial charge in [-0.1, -0.05) is 32.9 Å². The first-order chi connectivity index (χ1) is 8.77. The second-order valence-corrected chi connectivity index (χ2v) is 7.46. The van der Waals surface area contributed by atoms with Crippen LogP contribution in [0.25, 0.3) is 0 Å². The molecule has 0 aliphatic heterocycles. The minimum Gasteiger partial charge on any atom is -0.392 e. The minimum absolute atomic E-state index is 0.210. The number of aliphatic hydroxyl groups excluding tert-OH is 1. The van der Waals surface area contributed by atoms with Crippen LogP contribution in [0.4, 0.5) is 0 Å². The summed E-state index contributed by atoms with van der Waals surface area (Å²) in [6.07, 6.45) is 0.914. The maximum absolute atomic E-state index is 12.2. The number of hydrogen-bond donors (Lipinski definition) is 2. The number of nitrogens with one attached hydrogen (secondary N) is 1. The molecule has 2 atom stereocenters. The summed E-state index contributed by atoms with van der Waals surface area (Å²) in [7, 11) is -3.50. The van der Waals surface area contributed by atoms with Crippen LogP contribution in [0.15, 0.2) is 29.2 Å². The van der Waals surface area contributed by atoms with Crippen molar-refractivity contribution in [1.82, 2.24) is 4.72 Å². The first-order valence-corrected chi connectivity index (χ1v) is 8.05. The van der Waals surface area contributed by atoms with E-state index in [4.69, 9.17) is 0 Å². The SMILES string of the molecule is CCc1ccc(S(=O)(=O)NC2CC(O)C2(C)C)cc1. The second-order valence-electron chi connectivity index (χ2n) is 5.74. The van der Waals surface area contributed by atoms with Gasteiger partial charge in [0.2, 0.25) is 10.0 Å². The van der Waals surface area contributed by atoms with Crippen molar-refractivity contribution in [2.45, 2.75) is 50.7 Å². The molecule has 0 radical (unpaired) electrons. The smallest absolute Gasteiger partial charge is 0.240 e. The van der Waals surface area contributed by atoms with E-state index in [9.17, 15) is 13.5 Å². The summed E-state index contributed by atoms with van der Waals surface area (Å²) in [6.45, 7) is 5.77. The zero-order valence-corrected chi connectivity index (χ0v) is 12.4. The van der Waals surface area contributed by atoms with Crippen LogP contribution in [0.5, 0.6) is 0 Å². The van der Waals surface area contributed by atoms with Crippen LogP contribution in [-0.4, -0.2) is 25.7 Å². The Morgan fingerprint density at radius 2 is 1.89 bits per heavy atom.